The Labute approximate surface area is 127 Å². The summed E-state index contributed by atoms with van der Waals surface area (Å²) in [5.74, 6) is -0.549. The number of thioether (sulfide) groups is 1. The zero-order valence-electron chi connectivity index (χ0n) is 10.9. The summed E-state index contributed by atoms with van der Waals surface area (Å²) in [4.78, 5) is 14.6. The van der Waals surface area contributed by atoms with Crippen molar-refractivity contribution in [2.45, 2.75) is 11.3 Å². The first kappa shape index (κ1) is 15.6. The lowest BCUT2D eigenvalue weighted by Crippen LogP contribution is -2.27. The van der Waals surface area contributed by atoms with Gasteiger partial charge in [0.2, 0.25) is 15.9 Å². The van der Waals surface area contributed by atoms with Gasteiger partial charge < -0.3 is 4.90 Å². The van der Waals surface area contributed by atoms with Crippen LogP contribution in [-0.2, 0) is 14.8 Å². The number of benzene rings is 1. The lowest BCUT2D eigenvalue weighted by Gasteiger charge is -2.20. The zero-order valence-corrected chi connectivity index (χ0v) is 13.3. The topological polar surface area (TPSA) is 80.5 Å². The number of carbonyl (C=O) groups is 1. The summed E-state index contributed by atoms with van der Waals surface area (Å²) >= 11 is 7.49. The first-order valence-corrected chi connectivity index (χ1v) is 9.26. The third kappa shape index (κ3) is 3.66. The van der Waals surface area contributed by atoms with Crippen LogP contribution in [0.4, 0.5) is 5.69 Å². The predicted octanol–water partition coefficient (Wildman–Crippen LogP) is 1.70. The molecule has 1 aromatic rings. The van der Waals surface area contributed by atoms with Gasteiger partial charge in [0, 0.05) is 28.8 Å². The van der Waals surface area contributed by atoms with Crippen LogP contribution < -0.4 is 10.0 Å². The van der Waals surface area contributed by atoms with Gasteiger partial charge >= 0.3 is 0 Å². The van der Waals surface area contributed by atoms with Crippen LogP contribution >= 0.6 is 23.4 Å². The number of rotatable bonds is 4. The van der Waals surface area contributed by atoms with Crippen LogP contribution in [0, 0.1) is 5.92 Å². The van der Waals surface area contributed by atoms with E-state index in [1.807, 2.05) is 12.3 Å². The number of nitrogens with two attached hydrogens (primary N) is 1. The zero-order chi connectivity index (χ0) is 14.9. The van der Waals surface area contributed by atoms with Gasteiger partial charge in [0.25, 0.3) is 0 Å². The van der Waals surface area contributed by atoms with Gasteiger partial charge in [-0.15, -0.1) is 11.8 Å². The molecule has 0 aromatic heterocycles. The highest BCUT2D eigenvalue weighted by Crippen LogP contribution is 2.35. The lowest BCUT2D eigenvalue weighted by molar-refractivity contribution is -0.117. The minimum absolute atomic E-state index is 0.101. The highest BCUT2D eigenvalue weighted by molar-refractivity contribution is 7.98. The fraction of sp³-hybridized carbons (Fsp3) is 0.417. The molecule has 1 aromatic carbocycles. The van der Waals surface area contributed by atoms with Crippen LogP contribution in [0.15, 0.2) is 23.1 Å². The molecule has 1 amide bonds. The van der Waals surface area contributed by atoms with Crippen LogP contribution in [-0.4, -0.2) is 32.9 Å². The van der Waals surface area contributed by atoms with Crippen molar-refractivity contribution in [2.75, 3.05) is 23.5 Å². The summed E-state index contributed by atoms with van der Waals surface area (Å²) in [6, 6.07) is 5.34. The normalized spacial score (nSPS) is 19.6. The highest BCUT2D eigenvalue weighted by Gasteiger charge is 2.33. The van der Waals surface area contributed by atoms with Crippen molar-refractivity contribution in [3.8, 4) is 0 Å². The molecule has 1 fully saturated rings. The van der Waals surface area contributed by atoms with Crippen molar-refractivity contribution < 1.29 is 13.2 Å². The molecule has 0 radical (unpaired) electrons. The number of amides is 1. The number of hydrogen-bond acceptors (Lipinski definition) is 4. The number of anilines is 1. The molecule has 110 valence electrons. The number of nitrogens with zero attached hydrogens (tertiary/aromatic N) is 1. The molecule has 1 saturated heterocycles. The lowest BCUT2D eigenvalue weighted by atomic mass is 10.1. The number of carbonyl (C=O) groups excluding carboxylic acids is 1. The van der Waals surface area contributed by atoms with Gasteiger partial charge in [0.15, 0.2) is 0 Å². The van der Waals surface area contributed by atoms with Gasteiger partial charge in [-0.2, -0.15) is 0 Å². The summed E-state index contributed by atoms with van der Waals surface area (Å²) in [6.45, 7) is 0.350. The van der Waals surface area contributed by atoms with Crippen molar-refractivity contribution in [2.24, 2.45) is 11.1 Å². The van der Waals surface area contributed by atoms with Gasteiger partial charge in [-0.1, -0.05) is 11.6 Å². The number of sulfonamides is 1. The fourth-order valence-electron chi connectivity index (χ4n) is 2.33. The van der Waals surface area contributed by atoms with E-state index in [1.54, 1.807) is 17.0 Å². The molecule has 0 bridgehead atoms. The summed E-state index contributed by atoms with van der Waals surface area (Å²) < 4.78 is 22.3. The summed E-state index contributed by atoms with van der Waals surface area (Å²) in [5, 5.41) is 5.58. The Kier molecular flexibility index (Phi) is 4.63. The quantitative estimate of drug-likeness (QED) is 0.850. The van der Waals surface area contributed by atoms with E-state index in [0.29, 0.717) is 11.6 Å². The molecule has 20 heavy (non-hydrogen) atoms. The second-order valence-corrected chi connectivity index (χ2v) is 7.66. The molecule has 1 atom stereocenters. The Morgan fingerprint density at radius 1 is 1.50 bits per heavy atom. The maximum Gasteiger partial charge on any atom is 0.227 e. The maximum atomic E-state index is 12.1. The Hall–Kier alpha value is -0.760. The first-order valence-electron chi connectivity index (χ1n) is 5.94. The van der Waals surface area contributed by atoms with Gasteiger partial charge in [-0.05, 0) is 24.5 Å². The van der Waals surface area contributed by atoms with E-state index in [9.17, 15) is 13.2 Å². The van der Waals surface area contributed by atoms with Crippen LogP contribution in [0.5, 0.6) is 0 Å². The molecule has 0 spiro atoms. The van der Waals surface area contributed by atoms with Crippen molar-refractivity contribution in [1.82, 2.24) is 0 Å². The van der Waals surface area contributed by atoms with Crippen molar-refractivity contribution in [3.63, 3.8) is 0 Å². The smallest absolute Gasteiger partial charge is 0.227 e. The molecule has 0 saturated carbocycles. The highest BCUT2D eigenvalue weighted by atomic mass is 35.5. The number of hydrogen-bond donors (Lipinski definition) is 1. The number of primary sulfonamides is 1. The molecule has 5 nitrogen and oxygen atoms in total. The monoisotopic (exact) mass is 334 g/mol. The molecule has 8 heteroatoms. The van der Waals surface area contributed by atoms with Crippen LogP contribution in [0.2, 0.25) is 5.02 Å². The maximum absolute atomic E-state index is 12.1. The third-order valence-corrected chi connectivity index (χ3v) is 5.06. The molecular weight excluding hydrogens is 320 g/mol. The Balaban J connectivity index is 2.26. The van der Waals surface area contributed by atoms with E-state index in [-0.39, 0.29) is 24.0 Å². The summed E-state index contributed by atoms with van der Waals surface area (Å²) in [6.07, 6.45) is 2.10. The predicted molar refractivity (Wildman–Crippen MR) is 81.7 cm³/mol. The van der Waals surface area contributed by atoms with E-state index in [0.717, 1.165) is 10.6 Å². The molecule has 1 heterocycles. The average Bonchev–Trinajstić information content (AvgIpc) is 2.67. The Bertz CT molecular complexity index is 634. The molecule has 1 aliphatic rings. The molecule has 0 aliphatic carbocycles. The molecular formula is C12H15ClN2O3S2. The molecule has 1 aliphatic heterocycles. The van der Waals surface area contributed by atoms with Crippen LogP contribution in [0.1, 0.15) is 6.42 Å². The number of halogens is 1. The van der Waals surface area contributed by atoms with Gasteiger partial charge in [0.05, 0.1) is 11.4 Å². The summed E-state index contributed by atoms with van der Waals surface area (Å²) in [5.41, 5.74) is 0.729. The standard InChI is InChI=1S/C12H15ClN2O3S2/c1-19-11-3-2-9(13)5-10(11)15-6-8(4-12(15)16)7-20(14,17)18/h2-3,5,8H,4,6-7H2,1H3,(H2,14,17,18). The Morgan fingerprint density at radius 2 is 2.20 bits per heavy atom. The fourth-order valence-corrected chi connectivity index (χ4v) is 3.96. The SMILES string of the molecule is CSc1ccc(Cl)cc1N1CC(CS(N)(=O)=O)CC1=O. The van der Waals surface area contributed by atoms with Gasteiger partial charge in [-0.3, -0.25) is 4.79 Å². The largest absolute Gasteiger partial charge is 0.311 e. The van der Waals surface area contributed by atoms with E-state index >= 15 is 0 Å². The third-order valence-electron chi connectivity index (χ3n) is 3.10. The van der Waals surface area contributed by atoms with Gasteiger partial charge in [-0.25, -0.2) is 13.6 Å². The van der Waals surface area contributed by atoms with Crippen LogP contribution in [0.25, 0.3) is 0 Å². The minimum atomic E-state index is -3.57. The van der Waals surface area contributed by atoms with E-state index in [2.05, 4.69) is 0 Å². The van der Waals surface area contributed by atoms with Crippen molar-refractivity contribution >= 4 is 45.0 Å². The second-order valence-electron chi connectivity index (χ2n) is 4.72. The summed E-state index contributed by atoms with van der Waals surface area (Å²) in [7, 11) is -3.57. The van der Waals surface area contributed by atoms with Crippen molar-refractivity contribution in [1.29, 1.82) is 0 Å². The van der Waals surface area contributed by atoms with E-state index in [4.69, 9.17) is 16.7 Å². The van der Waals surface area contributed by atoms with E-state index < -0.39 is 10.0 Å². The molecule has 2 rings (SSSR count). The van der Waals surface area contributed by atoms with E-state index in [1.165, 1.54) is 11.8 Å². The molecule has 1 unspecified atom stereocenters. The van der Waals surface area contributed by atoms with Crippen LogP contribution in [0.3, 0.4) is 0 Å². The average molecular weight is 335 g/mol. The van der Waals surface area contributed by atoms with Crippen molar-refractivity contribution in [3.05, 3.63) is 23.2 Å². The first-order chi connectivity index (χ1) is 9.30. The minimum Gasteiger partial charge on any atom is -0.311 e. The molecule has 2 N–H and O–H groups in total. The van der Waals surface area contributed by atoms with Gasteiger partial charge in [0.1, 0.15) is 0 Å². The second kappa shape index (κ2) is 5.93. The Morgan fingerprint density at radius 3 is 2.80 bits per heavy atom.